The van der Waals surface area contributed by atoms with Crippen LogP contribution in [0, 0.1) is 85.8 Å². The Kier molecular flexibility index (Phi) is 44.2. The van der Waals surface area contributed by atoms with Crippen molar-refractivity contribution in [3.63, 3.8) is 0 Å². The second-order valence-electron chi connectivity index (χ2n) is 57.5. The second-order valence-corrected chi connectivity index (χ2v) is 79.4. The fourth-order valence-corrected chi connectivity index (χ4v) is 32.9. The molecule has 10 aliphatic carbocycles. The molecule has 844 valence electrons. The van der Waals surface area contributed by atoms with E-state index in [1.54, 1.807) is 5.57 Å². The Bertz CT molecular complexity index is 5170. The number of ether oxygens (including phenoxy) is 3. The Labute approximate surface area is 917 Å². The quantitative estimate of drug-likeness (QED) is 0.0161. The molecule has 0 saturated heterocycles. The molecule has 10 aliphatic rings. The minimum absolute atomic E-state index is 0.00700. The van der Waals surface area contributed by atoms with Crippen molar-refractivity contribution in [1.82, 2.24) is 0 Å². The summed E-state index contributed by atoms with van der Waals surface area (Å²) < 4.78 is 60.8. The van der Waals surface area contributed by atoms with E-state index < -0.39 is 64.8 Å². The van der Waals surface area contributed by atoms with Crippen molar-refractivity contribution in [1.29, 1.82) is 0 Å². The predicted molar refractivity (Wildman–Crippen MR) is 639 cm³/mol. The molecule has 2 aromatic rings. The minimum Gasteiger partial charge on any atom is -0.413 e. The number of Topliss-reactive ketones (excluding diaryl/α,β-unsaturated/α-hetero) is 2. The molecule has 12 rings (SSSR count). The van der Waals surface area contributed by atoms with Gasteiger partial charge in [0, 0.05) is 65.3 Å². The summed E-state index contributed by atoms with van der Waals surface area (Å²) >= 11 is 0. The van der Waals surface area contributed by atoms with Gasteiger partial charge in [0.1, 0.15) is 20.4 Å². The summed E-state index contributed by atoms with van der Waals surface area (Å²) in [4.78, 5) is 24.6. The van der Waals surface area contributed by atoms with Gasteiger partial charge in [-0.2, -0.15) is 0 Å². The number of allylic oxidation sites excluding steroid dienone is 10. The number of hydrogen-bond donors (Lipinski definition) is 5. The normalized spacial score (nSPS) is 31.0. The molecule has 0 aromatic heterocycles. The summed E-state index contributed by atoms with van der Waals surface area (Å²) in [7, 11) is -10.8. The molecule has 2 aromatic carbocycles. The average molecular weight is 2160 g/mol. The van der Waals surface area contributed by atoms with Crippen LogP contribution in [0.3, 0.4) is 0 Å². The zero-order chi connectivity index (χ0) is 112. The molecule has 0 unspecified atom stereocenters. The van der Waals surface area contributed by atoms with Crippen molar-refractivity contribution < 1.29 is 71.7 Å². The number of carbonyl (C=O) groups excluding carboxylic acids is 2. The summed E-state index contributed by atoms with van der Waals surface area (Å²) in [5.41, 5.74) is 13.4. The van der Waals surface area contributed by atoms with Gasteiger partial charge in [-0.25, -0.2) is 0 Å². The van der Waals surface area contributed by atoms with Gasteiger partial charge >= 0.3 is 0 Å². The first kappa shape index (κ1) is 128. The van der Waals surface area contributed by atoms with Gasteiger partial charge in [0.15, 0.2) is 44.8 Å². The van der Waals surface area contributed by atoms with Crippen LogP contribution in [0.25, 0.3) is 0 Å². The second kappa shape index (κ2) is 51.6. The van der Waals surface area contributed by atoms with Crippen LogP contribution < -0.4 is 10.6 Å². The van der Waals surface area contributed by atoms with E-state index in [1.165, 1.54) is 100 Å². The maximum Gasteiger partial charge on any atom is 0.192 e. The van der Waals surface area contributed by atoms with E-state index in [9.17, 15) is 39.8 Å². The van der Waals surface area contributed by atoms with Crippen molar-refractivity contribution in [2.45, 2.75) is 456 Å². The molecule has 21 heteroatoms. The fraction of sp³-hybridized carbons (Fsp3) is 0.713. The number of hydrogen-bond acceptors (Lipinski definition) is 16. The minimum atomic E-state index is -2.87. The van der Waals surface area contributed by atoms with Gasteiger partial charge < -0.3 is 62.1 Å². The smallest absolute Gasteiger partial charge is 0.192 e. The van der Waals surface area contributed by atoms with E-state index in [-0.39, 0.29) is 102 Å². The maximum atomic E-state index is 14.7. The molecule has 0 heterocycles. The van der Waals surface area contributed by atoms with Crippen molar-refractivity contribution in [3.05, 3.63) is 191 Å². The largest absolute Gasteiger partial charge is 0.413 e. The van der Waals surface area contributed by atoms with Gasteiger partial charge in [0.05, 0.1) is 74.4 Å². The fourth-order valence-electron chi connectivity index (χ4n) is 25.1. The van der Waals surface area contributed by atoms with E-state index in [4.69, 9.17) is 31.9 Å². The molecule has 0 aliphatic heterocycles. The van der Waals surface area contributed by atoms with Crippen molar-refractivity contribution >= 4 is 68.3 Å². The van der Waals surface area contributed by atoms with Gasteiger partial charge in [-0.15, -0.1) is 0 Å². The van der Waals surface area contributed by atoms with Gasteiger partial charge in [-0.3, -0.25) is 9.59 Å². The Morgan fingerprint density at radius 2 is 0.700 bits per heavy atom. The molecule has 150 heavy (non-hydrogen) atoms. The van der Waals surface area contributed by atoms with Crippen LogP contribution in [0.1, 0.15) is 335 Å². The first-order chi connectivity index (χ1) is 69.1. The molecule has 10 saturated carbocycles. The molecule has 5 N–H and O–H groups in total. The third kappa shape index (κ3) is 32.5. The molecular weight excluding hydrogens is 1950 g/mol. The van der Waals surface area contributed by atoms with Crippen LogP contribution in [0.5, 0.6) is 0 Å². The van der Waals surface area contributed by atoms with Crippen LogP contribution >= 0.6 is 7.14 Å². The van der Waals surface area contributed by atoms with Crippen molar-refractivity contribution in [2.75, 3.05) is 45.8 Å². The molecule has 20 atom stereocenters. The number of nitrogens with zero attached hydrogens (tertiary/aromatic N) is 1. The first-order valence-electron chi connectivity index (χ1n) is 57.9. The van der Waals surface area contributed by atoms with Crippen LogP contribution in [-0.4, -0.2) is 171 Å². The van der Waals surface area contributed by atoms with Gasteiger partial charge in [0.2, 0.25) is 0 Å². The zero-order valence-corrected chi connectivity index (χ0v) is 106. The number of aliphatic hydroxyl groups is 4. The van der Waals surface area contributed by atoms with Crippen LogP contribution in [-0.2, 0) is 46.1 Å². The lowest BCUT2D eigenvalue weighted by Crippen LogP contribution is -2.49. The standard InChI is InChI=1S/C40H72O4Si2.C33H51O3PSi2.C28H45NO4.C28H44O4/c1-28(26-42-27-36(41)37(3,4)5)33-21-22-34-30(18-17-23-40(33,34)12)19-20-31-24-32(43-45(13,14)38(6,7)8)25-35(29(31)2)44-46(15,16)39(9,10)11;1-26-27(22-23-37(34,29-18-14-12-15-19-29)30-20-16-13-17-21-30)24-28(35-38(8,9)32(2,3)4)25-31(26)36-39(10,11)33(5,6)7;1-18(16-33-17-26(29-32)27(3,4)5)23-11-12-24-20(8-7-13-28(23,24)6)9-10-21-14-22(30)15-25(31)19(21)2;1-18(16-32-17-26(31)27(3,4)5)23-11-12-24-20(8-7-13-28(23,24)6)9-10-21-14-22(29)15-25(30)19(21)2/h19-20,28,32-35H,2,17-18,21-27H2,1,3-16H3;12-22,28,31H,1,23-25H2,2-11H3;9-10,18,22-25,30-32H,2,7-8,11-17H2,1,3-6H3;9-10,18,22-25,29-30H,2,7-8,11-17H2,1,3-6H3/b30-19+,31-20-;27-22-;20-9+,21-10-,29-26+;20-9+,21-10-/t28-,32-,33-,34+,35+,40-;28-,31+;2*18-,22-,23-,24+,25+,28-/m1111/s1. The predicted octanol–water partition coefficient (Wildman–Crippen LogP) is 31.6. The zero-order valence-electron chi connectivity index (χ0n) is 101. The number of oxime groups is 1. The van der Waals surface area contributed by atoms with Gasteiger partial charge in [-0.05, 0) is 309 Å². The van der Waals surface area contributed by atoms with E-state index in [0.717, 1.165) is 88.1 Å². The lowest BCUT2D eigenvalue weighted by Gasteiger charge is -2.46. The summed E-state index contributed by atoms with van der Waals surface area (Å²) in [6, 6.07) is 19.8. The topological polar surface area (TPSA) is 229 Å². The first-order valence-corrected chi connectivity index (χ1v) is 71.4. The van der Waals surface area contributed by atoms with E-state index in [1.807, 2.05) is 123 Å². The molecule has 10 fully saturated rings. The Morgan fingerprint density at radius 1 is 0.407 bits per heavy atom. The van der Waals surface area contributed by atoms with Gasteiger partial charge in [0.25, 0.3) is 0 Å². The summed E-state index contributed by atoms with van der Waals surface area (Å²) in [6.07, 6.45) is 37.6. The number of ketones is 2. The number of aliphatic hydroxyl groups excluding tert-OH is 4. The summed E-state index contributed by atoms with van der Waals surface area (Å²) in [5, 5.41) is 55.5. The lowest BCUT2D eigenvalue weighted by atomic mass is 9.61. The molecule has 0 radical (unpaired) electrons. The van der Waals surface area contributed by atoms with E-state index in [2.05, 4.69) is 251 Å². The SMILES string of the molecule is C=C1/C(=C\C=C2/CCC[C@]3(C)[C@@H]([C@H](C)COC/C(=N\O)C(C)(C)C)CC[C@@H]23)C[C@@H](O)C[C@@H]1O.C=C1/C(=C\C=C2/CCC[C@]3(C)[C@@H]([C@H](C)COCC(=O)C(C)(C)C)CC[C@@H]23)C[C@@H](O)C[C@@H]1O.C=C1/C(=C\C=C2/CCC[C@]3(C)[C@@H]([C@H](C)COCC(=O)C(C)(C)C)CC[C@@H]23)C[C@@H](O[Si](C)(C)C(C)(C)C)C[C@@H]1O[Si](C)(C)C(C)(C)C.C=C1/C(=C\CP(=O)(c2ccccc2)c2ccccc2)C[C@@H](O[Si](C)(C)C(C)(C)C)C[C@@H]1O[Si](C)(C)C(C)(C)C. The van der Waals surface area contributed by atoms with E-state index in [0.29, 0.717) is 117 Å². The third-order valence-corrected chi connectivity index (χ3v) is 60.1. The average Bonchev–Trinajstić information content (AvgIpc) is 1.56. The molecule has 16 nitrogen and oxygen atoms in total. The molecule has 0 bridgehead atoms. The highest BCUT2D eigenvalue weighted by Crippen LogP contribution is 2.64. The Balaban J connectivity index is 0.000000224. The van der Waals surface area contributed by atoms with Crippen LogP contribution in [0.4, 0.5) is 0 Å². The summed E-state index contributed by atoms with van der Waals surface area (Å²) in [5.74, 6) is 5.25. The van der Waals surface area contributed by atoms with Crippen molar-refractivity contribution in [2.24, 2.45) is 90.9 Å². The molecule has 0 spiro atoms. The lowest BCUT2D eigenvalue weighted by molar-refractivity contribution is -0.132. The monoisotopic (exact) mass is 2160 g/mol. The highest BCUT2D eigenvalue weighted by atomic mass is 31.2. The Hall–Kier alpha value is -4.95. The van der Waals surface area contributed by atoms with Crippen LogP contribution in [0.15, 0.2) is 196 Å². The maximum absolute atomic E-state index is 14.7. The molecular formula is C129H212NO15PSi4. The number of benzene rings is 2. The molecule has 0 amide bonds. The van der Waals surface area contributed by atoms with Gasteiger partial charge in [-0.1, -0.05) is 338 Å². The Morgan fingerprint density at radius 3 is 1.00 bits per heavy atom. The highest BCUT2D eigenvalue weighted by molar-refractivity contribution is 7.78. The number of fused-ring (bicyclic) bond motifs is 3. The number of rotatable bonds is 30. The third-order valence-electron chi connectivity index (χ3n) is 39.1. The van der Waals surface area contributed by atoms with E-state index >= 15 is 0 Å². The summed E-state index contributed by atoms with van der Waals surface area (Å²) in [6.45, 7) is 98.8. The number of carbonyl (C=O) groups is 2. The van der Waals surface area contributed by atoms with Crippen molar-refractivity contribution in [3.8, 4) is 0 Å². The van der Waals surface area contributed by atoms with Crippen LogP contribution in [0.2, 0.25) is 72.5 Å². The highest BCUT2D eigenvalue weighted by Gasteiger charge is 2.56.